The predicted molar refractivity (Wildman–Crippen MR) is 59.0 cm³/mol. The van der Waals surface area contributed by atoms with Gasteiger partial charge in [-0.15, -0.1) is 0 Å². The maximum Gasteiger partial charge on any atom is 0.183 e. The van der Waals surface area contributed by atoms with E-state index in [1.54, 1.807) is 6.20 Å². The molecule has 0 aliphatic carbocycles. The first-order chi connectivity index (χ1) is 7.70. The molecule has 0 saturated carbocycles. The fourth-order valence-electron chi connectivity index (χ4n) is 1.99. The Hall–Kier alpha value is -1.67. The summed E-state index contributed by atoms with van der Waals surface area (Å²) in [5, 5.41) is 8.97. The van der Waals surface area contributed by atoms with Crippen molar-refractivity contribution in [1.29, 1.82) is 5.26 Å². The second kappa shape index (κ2) is 4.45. The molecule has 0 amide bonds. The van der Waals surface area contributed by atoms with E-state index in [1.807, 2.05) is 13.8 Å². The zero-order valence-corrected chi connectivity index (χ0v) is 9.42. The van der Waals surface area contributed by atoms with Gasteiger partial charge in [0, 0.05) is 25.5 Å². The fourth-order valence-corrected chi connectivity index (χ4v) is 1.99. The number of aromatic nitrogens is 2. The van der Waals surface area contributed by atoms with Crippen molar-refractivity contribution < 1.29 is 4.74 Å². The van der Waals surface area contributed by atoms with Crippen molar-refractivity contribution in [3.05, 3.63) is 18.1 Å². The van der Waals surface area contributed by atoms with Gasteiger partial charge in [-0.25, -0.2) is 9.97 Å². The average Bonchev–Trinajstić information content (AvgIpc) is 2.27. The first kappa shape index (κ1) is 10.8. The van der Waals surface area contributed by atoms with Crippen LogP contribution in [0.1, 0.15) is 19.5 Å². The van der Waals surface area contributed by atoms with Crippen LogP contribution in [0.25, 0.3) is 0 Å². The largest absolute Gasteiger partial charge is 0.372 e. The van der Waals surface area contributed by atoms with Crippen LogP contribution in [-0.2, 0) is 4.74 Å². The monoisotopic (exact) mass is 218 g/mol. The van der Waals surface area contributed by atoms with E-state index >= 15 is 0 Å². The molecular formula is C11H14N4O. The maximum absolute atomic E-state index is 8.97. The number of hydrogen-bond donors (Lipinski definition) is 0. The van der Waals surface area contributed by atoms with Crippen LogP contribution in [0.4, 0.5) is 5.82 Å². The molecule has 2 atom stereocenters. The van der Waals surface area contributed by atoms with Gasteiger partial charge in [-0.1, -0.05) is 0 Å². The van der Waals surface area contributed by atoms with Crippen LogP contribution in [0.2, 0.25) is 0 Å². The van der Waals surface area contributed by atoms with Crippen LogP contribution in [0.15, 0.2) is 12.4 Å². The van der Waals surface area contributed by atoms with E-state index in [2.05, 4.69) is 20.9 Å². The summed E-state index contributed by atoms with van der Waals surface area (Å²) in [5.41, 5.74) is 0.379. The van der Waals surface area contributed by atoms with Gasteiger partial charge in [0.05, 0.1) is 12.2 Å². The van der Waals surface area contributed by atoms with Gasteiger partial charge in [0.15, 0.2) is 11.5 Å². The Balaban J connectivity index is 2.26. The van der Waals surface area contributed by atoms with Crippen LogP contribution in [0.3, 0.4) is 0 Å². The summed E-state index contributed by atoms with van der Waals surface area (Å²) < 4.78 is 5.64. The summed E-state index contributed by atoms with van der Waals surface area (Å²) in [7, 11) is 0. The Morgan fingerprint density at radius 1 is 1.31 bits per heavy atom. The van der Waals surface area contributed by atoms with Gasteiger partial charge in [0.2, 0.25) is 0 Å². The van der Waals surface area contributed by atoms with Crippen molar-refractivity contribution in [3.8, 4) is 6.07 Å². The lowest BCUT2D eigenvalue weighted by molar-refractivity contribution is -0.00549. The van der Waals surface area contributed by atoms with Crippen LogP contribution in [0, 0.1) is 11.3 Å². The summed E-state index contributed by atoms with van der Waals surface area (Å²) >= 11 is 0. The molecule has 2 unspecified atom stereocenters. The SMILES string of the molecule is CC1CN(c2nccnc2C#N)CC(C)O1. The smallest absolute Gasteiger partial charge is 0.183 e. The number of hydrogen-bond acceptors (Lipinski definition) is 5. The van der Waals surface area contributed by atoms with Crippen LogP contribution < -0.4 is 4.90 Å². The Morgan fingerprint density at radius 2 is 1.94 bits per heavy atom. The zero-order chi connectivity index (χ0) is 11.5. The summed E-state index contributed by atoms with van der Waals surface area (Å²) in [6, 6.07) is 2.07. The number of anilines is 1. The molecule has 1 aromatic heterocycles. The third-order valence-corrected chi connectivity index (χ3v) is 2.50. The Labute approximate surface area is 94.7 Å². The van der Waals surface area contributed by atoms with Gasteiger partial charge < -0.3 is 9.64 Å². The topological polar surface area (TPSA) is 62.0 Å². The van der Waals surface area contributed by atoms with E-state index in [0.717, 1.165) is 13.1 Å². The Bertz CT molecular complexity index is 405. The number of morpholine rings is 1. The zero-order valence-electron chi connectivity index (χ0n) is 9.42. The third-order valence-electron chi connectivity index (χ3n) is 2.50. The Kier molecular flexibility index (Phi) is 3.02. The van der Waals surface area contributed by atoms with Crippen molar-refractivity contribution >= 4 is 5.82 Å². The molecule has 0 aromatic carbocycles. The van der Waals surface area contributed by atoms with E-state index in [0.29, 0.717) is 11.5 Å². The lowest BCUT2D eigenvalue weighted by Gasteiger charge is -2.36. The van der Waals surface area contributed by atoms with Gasteiger partial charge in [-0.2, -0.15) is 5.26 Å². The molecule has 1 aliphatic heterocycles. The van der Waals surface area contributed by atoms with E-state index in [4.69, 9.17) is 10.00 Å². The number of nitriles is 1. The van der Waals surface area contributed by atoms with Crippen molar-refractivity contribution in [2.45, 2.75) is 26.1 Å². The van der Waals surface area contributed by atoms with Crippen molar-refractivity contribution in [2.24, 2.45) is 0 Å². The maximum atomic E-state index is 8.97. The van der Waals surface area contributed by atoms with E-state index in [-0.39, 0.29) is 12.2 Å². The van der Waals surface area contributed by atoms with Gasteiger partial charge in [0.25, 0.3) is 0 Å². The molecular weight excluding hydrogens is 204 g/mol. The minimum absolute atomic E-state index is 0.150. The molecule has 5 nitrogen and oxygen atoms in total. The second-order valence-corrected chi connectivity index (χ2v) is 4.00. The summed E-state index contributed by atoms with van der Waals surface area (Å²) in [5.74, 6) is 0.659. The summed E-state index contributed by atoms with van der Waals surface area (Å²) in [4.78, 5) is 10.3. The summed E-state index contributed by atoms with van der Waals surface area (Å²) in [6.07, 6.45) is 3.45. The molecule has 5 heteroatoms. The molecule has 2 heterocycles. The Morgan fingerprint density at radius 3 is 2.56 bits per heavy atom. The highest BCUT2D eigenvalue weighted by Gasteiger charge is 2.25. The number of nitrogens with zero attached hydrogens (tertiary/aromatic N) is 4. The minimum atomic E-state index is 0.150. The molecule has 1 saturated heterocycles. The van der Waals surface area contributed by atoms with Gasteiger partial charge >= 0.3 is 0 Å². The lowest BCUT2D eigenvalue weighted by atomic mass is 10.2. The first-order valence-corrected chi connectivity index (χ1v) is 5.32. The molecule has 1 aromatic rings. The molecule has 0 N–H and O–H groups in total. The van der Waals surface area contributed by atoms with Crippen molar-refractivity contribution in [3.63, 3.8) is 0 Å². The average molecular weight is 218 g/mol. The third kappa shape index (κ3) is 2.12. The summed E-state index contributed by atoms with van der Waals surface area (Å²) in [6.45, 7) is 5.53. The molecule has 16 heavy (non-hydrogen) atoms. The predicted octanol–water partition coefficient (Wildman–Crippen LogP) is 0.962. The number of rotatable bonds is 1. The molecule has 0 spiro atoms. The fraction of sp³-hybridized carbons (Fsp3) is 0.545. The van der Waals surface area contributed by atoms with E-state index in [9.17, 15) is 0 Å². The highest BCUT2D eigenvalue weighted by Crippen LogP contribution is 2.19. The van der Waals surface area contributed by atoms with Crippen molar-refractivity contribution in [1.82, 2.24) is 9.97 Å². The van der Waals surface area contributed by atoms with Gasteiger partial charge in [0.1, 0.15) is 6.07 Å². The first-order valence-electron chi connectivity index (χ1n) is 5.32. The van der Waals surface area contributed by atoms with Crippen LogP contribution in [0.5, 0.6) is 0 Å². The standard InChI is InChI=1S/C11H14N4O/c1-8-6-15(7-9(2)16-8)11-10(5-12)13-3-4-14-11/h3-4,8-9H,6-7H2,1-2H3. The molecule has 0 radical (unpaired) electrons. The molecule has 0 bridgehead atoms. The highest BCUT2D eigenvalue weighted by atomic mass is 16.5. The molecule has 2 rings (SSSR count). The van der Waals surface area contributed by atoms with Crippen LogP contribution in [-0.4, -0.2) is 35.3 Å². The quantitative estimate of drug-likeness (QED) is 0.702. The van der Waals surface area contributed by atoms with E-state index < -0.39 is 0 Å². The normalized spacial score (nSPS) is 25.2. The van der Waals surface area contributed by atoms with Gasteiger partial charge in [-0.05, 0) is 13.8 Å². The van der Waals surface area contributed by atoms with Gasteiger partial charge in [-0.3, -0.25) is 0 Å². The molecule has 1 fully saturated rings. The van der Waals surface area contributed by atoms with Crippen LogP contribution >= 0.6 is 0 Å². The lowest BCUT2D eigenvalue weighted by Crippen LogP contribution is -2.46. The second-order valence-electron chi connectivity index (χ2n) is 4.00. The minimum Gasteiger partial charge on any atom is -0.372 e. The number of ether oxygens (including phenoxy) is 1. The molecule has 1 aliphatic rings. The highest BCUT2D eigenvalue weighted by molar-refractivity contribution is 5.49. The van der Waals surface area contributed by atoms with E-state index in [1.165, 1.54) is 6.20 Å². The van der Waals surface area contributed by atoms with Crippen molar-refractivity contribution in [2.75, 3.05) is 18.0 Å². The molecule has 84 valence electrons.